The molecule has 1 fully saturated rings. The monoisotopic (exact) mass is 313 g/mol. The third kappa shape index (κ3) is 4.17. The molecule has 1 aliphatic rings. The van der Waals surface area contributed by atoms with Crippen LogP contribution in [-0.2, 0) is 4.79 Å². The summed E-state index contributed by atoms with van der Waals surface area (Å²) in [5.74, 6) is 0.789. The lowest BCUT2D eigenvalue weighted by atomic mass is 9.91. The summed E-state index contributed by atoms with van der Waals surface area (Å²) in [5, 5.41) is 3.03. The van der Waals surface area contributed by atoms with Crippen LogP contribution in [0.25, 0.3) is 0 Å². The lowest BCUT2D eigenvalue weighted by Crippen LogP contribution is -3.18. The topological polar surface area (TPSA) is 33.5 Å². The van der Waals surface area contributed by atoms with Crippen molar-refractivity contribution in [3.63, 3.8) is 0 Å². The van der Waals surface area contributed by atoms with Crippen LogP contribution in [0, 0.1) is 17.7 Å². The number of halogens is 2. The fraction of sp³-hybridized carbons (Fsp3) is 0.562. The Labute approximate surface area is 130 Å². The van der Waals surface area contributed by atoms with E-state index >= 15 is 0 Å². The number of piperidine rings is 1. The van der Waals surface area contributed by atoms with Crippen molar-refractivity contribution in [3.05, 3.63) is 29.0 Å². The maximum Gasteiger partial charge on any atom is 0.282 e. The van der Waals surface area contributed by atoms with Gasteiger partial charge in [0.1, 0.15) is 5.82 Å². The van der Waals surface area contributed by atoms with E-state index in [1.165, 1.54) is 29.5 Å². The lowest BCUT2D eigenvalue weighted by Gasteiger charge is -2.35. The number of likely N-dealkylation sites (tertiary alicyclic amines) is 1. The van der Waals surface area contributed by atoms with Crippen LogP contribution in [0.2, 0.25) is 5.02 Å². The van der Waals surface area contributed by atoms with E-state index in [4.69, 9.17) is 11.6 Å². The third-order valence-corrected chi connectivity index (χ3v) is 4.53. The van der Waals surface area contributed by atoms with Gasteiger partial charge in [-0.15, -0.1) is 0 Å². The summed E-state index contributed by atoms with van der Waals surface area (Å²) >= 11 is 5.95. The van der Waals surface area contributed by atoms with Gasteiger partial charge in [-0.05, 0) is 31.5 Å². The van der Waals surface area contributed by atoms with E-state index in [0.29, 0.717) is 17.5 Å². The van der Waals surface area contributed by atoms with Gasteiger partial charge in [-0.2, -0.15) is 0 Å². The number of quaternary nitrogens is 1. The van der Waals surface area contributed by atoms with Crippen LogP contribution in [0.4, 0.5) is 10.1 Å². The molecule has 5 heteroatoms. The van der Waals surface area contributed by atoms with E-state index in [0.717, 1.165) is 13.1 Å². The molecule has 1 saturated heterocycles. The first-order chi connectivity index (χ1) is 9.86. The number of hydrogen-bond donors (Lipinski definition) is 2. The molecule has 0 bridgehead atoms. The highest BCUT2D eigenvalue weighted by Gasteiger charge is 2.32. The van der Waals surface area contributed by atoms with Crippen LogP contribution >= 0.6 is 11.6 Å². The minimum absolute atomic E-state index is 0.0696. The van der Waals surface area contributed by atoms with Crippen LogP contribution in [0.5, 0.6) is 0 Å². The average Bonchev–Trinajstić information content (AvgIpc) is 2.40. The van der Waals surface area contributed by atoms with Gasteiger partial charge in [-0.3, -0.25) is 4.79 Å². The summed E-state index contributed by atoms with van der Waals surface area (Å²) in [6.45, 7) is 8.42. The van der Waals surface area contributed by atoms with E-state index in [2.05, 4.69) is 19.2 Å². The van der Waals surface area contributed by atoms with Crippen molar-refractivity contribution in [2.75, 3.05) is 18.4 Å². The fourth-order valence-electron chi connectivity index (χ4n) is 3.20. The summed E-state index contributed by atoms with van der Waals surface area (Å²) in [7, 11) is 0. The van der Waals surface area contributed by atoms with Gasteiger partial charge in [0.2, 0.25) is 0 Å². The van der Waals surface area contributed by atoms with Gasteiger partial charge in [0.05, 0.1) is 23.8 Å². The largest absolute Gasteiger partial charge is 0.324 e. The molecule has 3 atom stereocenters. The fourth-order valence-corrected chi connectivity index (χ4v) is 3.42. The van der Waals surface area contributed by atoms with Crippen molar-refractivity contribution in [2.24, 2.45) is 11.8 Å². The van der Waals surface area contributed by atoms with Gasteiger partial charge < -0.3 is 10.2 Å². The Hall–Kier alpha value is -1.13. The molecule has 1 heterocycles. The van der Waals surface area contributed by atoms with Gasteiger partial charge in [0, 0.05) is 11.8 Å². The summed E-state index contributed by atoms with van der Waals surface area (Å²) in [4.78, 5) is 13.7. The van der Waals surface area contributed by atoms with E-state index in [1.54, 1.807) is 0 Å². The molecule has 116 valence electrons. The number of anilines is 1. The molecule has 1 aromatic rings. The number of carbonyl (C=O) groups excluding carboxylic acids is 1. The van der Waals surface area contributed by atoms with Crippen molar-refractivity contribution >= 4 is 23.2 Å². The molecule has 2 N–H and O–H groups in total. The number of carbonyl (C=O) groups is 1. The van der Waals surface area contributed by atoms with Crippen LogP contribution in [0.3, 0.4) is 0 Å². The van der Waals surface area contributed by atoms with Gasteiger partial charge in [-0.1, -0.05) is 25.4 Å². The molecule has 0 aromatic heterocycles. The zero-order chi connectivity index (χ0) is 15.6. The molecule has 0 saturated carbocycles. The Morgan fingerprint density at radius 1 is 1.38 bits per heavy atom. The molecule has 0 spiro atoms. The van der Waals surface area contributed by atoms with Crippen molar-refractivity contribution in [1.82, 2.24) is 0 Å². The SMILES string of the molecule is C[C@@H]1C[C@@H](C)C[NH+]([C@@H](C)C(=O)Nc2ccc(F)cc2Cl)C1. The Kier molecular flexibility index (Phi) is 5.22. The minimum atomic E-state index is -0.407. The Morgan fingerprint density at radius 3 is 2.57 bits per heavy atom. The first-order valence-corrected chi connectivity index (χ1v) is 7.85. The van der Waals surface area contributed by atoms with Gasteiger partial charge in [0.15, 0.2) is 6.04 Å². The summed E-state index contributed by atoms with van der Waals surface area (Å²) < 4.78 is 13.0. The summed E-state index contributed by atoms with van der Waals surface area (Å²) in [5.41, 5.74) is 0.465. The smallest absolute Gasteiger partial charge is 0.282 e. The Morgan fingerprint density at radius 2 is 2.00 bits per heavy atom. The lowest BCUT2D eigenvalue weighted by molar-refractivity contribution is -0.925. The van der Waals surface area contributed by atoms with E-state index in [9.17, 15) is 9.18 Å². The van der Waals surface area contributed by atoms with Crippen LogP contribution in [-0.4, -0.2) is 25.0 Å². The normalized spacial score (nSPS) is 27.2. The van der Waals surface area contributed by atoms with E-state index < -0.39 is 5.82 Å². The third-order valence-electron chi connectivity index (χ3n) is 4.22. The van der Waals surface area contributed by atoms with Crippen molar-refractivity contribution in [2.45, 2.75) is 33.2 Å². The predicted molar refractivity (Wildman–Crippen MR) is 83.1 cm³/mol. The van der Waals surface area contributed by atoms with Crippen LogP contribution in [0.1, 0.15) is 27.2 Å². The molecule has 1 aromatic carbocycles. The molecule has 2 rings (SSSR count). The molecule has 1 aliphatic heterocycles. The molecule has 0 radical (unpaired) electrons. The molecule has 3 nitrogen and oxygen atoms in total. The minimum Gasteiger partial charge on any atom is -0.324 e. The standard InChI is InChI=1S/C16H22ClFN2O/c1-10-6-11(2)9-20(8-10)12(3)16(21)19-15-5-4-13(18)7-14(15)17/h4-5,7,10-12H,6,8-9H2,1-3H3,(H,19,21)/p+1/t10-,11-,12+/m1/s1. The highest BCUT2D eigenvalue weighted by molar-refractivity contribution is 6.33. The quantitative estimate of drug-likeness (QED) is 0.882. The second-order valence-electron chi connectivity index (χ2n) is 6.35. The van der Waals surface area contributed by atoms with E-state index in [-0.39, 0.29) is 17.0 Å². The second kappa shape index (κ2) is 6.75. The van der Waals surface area contributed by atoms with Crippen molar-refractivity contribution in [1.29, 1.82) is 0 Å². The highest BCUT2D eigenvalue weighted by atomic mass is 35.5. The first-order valence-electron chi connectivity index (χ1n) is 7.47. The molecular weight excluding hydrogens is 291 g/mol. The Balaban J connectivity index is 2.02. The van der Waals surface area contributed by atoms with Crippen LogP contribution < -0.4 is 10.2 Å². The molecular formula is C16H23ClFN2O+. The molecule has 0 unspecified atom stereocenters. The number of rotatable bonds is 3. The number of hydrogen-bond acceptors (Lipinski definition) is 1. The first kappa shape index (κ1) is 16.2. The van der Waals surface area contributed by atoms with Crippen LogP contribution in [0.15, 0.2) is 18.2 Å². The van der Waals surface area contributed by atoms with Gasteiger partial charge in [0.25, 0.3) is 5.91 Å². The number of benzene rings is 1. The summed E-state index contributed by atoms with van der Waals surface area (Å²) in [6, 6.07) is 3.86. The van der Waals surface area contributed by atoms with E-state index in [1.807, 2.05) is 6.92 Å². The zero-order valence-electron chi connectivity index (χ0n) is 12.7. The van der Waals surface area contributed by atoms with Crippen molar-refractivity contribution in [3.8, 4) is 0 Å². The maximum atomic E-state index is 13.0. The second-order valence-corrected chi connectivity index (χ2v) is 6.75. The molecule has 21 heavy (non-hydrogen) atoms. The maximum absolute atomic E-state index is 13.0. The van der Waals surface area contributed by atoms with Gasteiger partial charge in [-0.25, -0.2) is 4.39 Å². The molecule has 1 amide bonds. The number of amides is 1. The Bertz CT molecular complexity index is 513. The van der Waals surface area contributed by atoms with Crippen molar-refractivity contribution < 1.29 is 14.1 Å². The zero-order valence-corrected chi connectivity index (χ0v) is 13.5. The van der Waals surface area contributed by atoms with Gasteiger partial charge >= 0.3 is 0 Å². The number of nitrogens with one attached hydrogen (secondary N) is 2. The summed E-state index contributed by atoms with van der Waals surface area (Å²) in [6.07, 6.45) is 1.22. The average molecular weight is 314 g/mol. The molecule has 0 aliphatic carbocycles. The highest BCUT2D eigenvalue weighted by Crippen LogP contribution is 2.22. The predicted octanol–water partition coefficient (Wildman–Crippen LogP) is 2.37.